The van der Waals surface area contributed by atoms with Gasteiger partial charge in [-0.05, 0) is 41.5 Å². The molecular weight excluding hydrogens is 422 g/mol. The number of carbonyl (C=O) groups is 2. The van der Waals surface area contributed by atoms with Crippen LogP contribution in [-0.2, 0) is 20.9 Å². The molecule has 2 aromatic rings. The van der Waals surface area contributed by atoms with Gasteiger partial charge in [0.2, 0.25) is 5.91 Å². The third kappa shape index (κ3) is 6.19. The molecule has 2 aliphatic rings. The minimum Gasteiger partial charge on any atom is -0.491 e. The van der Waals surface area contributed by atoms with Crippen LogP contribution < -0.4 is 20.2 Å². The van der Waals surface area contributed by atoms with Crippen LogP contribution >= 0.6 is 11.6 Å². The fourth-order valence-corrected chi connectivity index (χ4v) is 3.17. The van der Waals surface area contributed by atoms with E-state index in [0.717, 1.165) is 29.2 Å². The van der Waals surface area contributed by atoms with E-state index in [4.69, 9.17) is 25.8 Å². The number of halogens is 1. The van der Waals surface area contributed by atoms with Gasteiger partial charge >= 0.3 is 0 Å². The Hall–Kier alpha value is -3.10. The molecule has 0 saturated carbocycles. The van der Waals surface area contributed by atoms with Gasteiger partial charge in [-0.2, -0.15) is 5.10 Å². The van der Waals surface area contributed by atoms with Gasteiger partial charge in [-0.3, -0.25) is 9.59 Å². The molecule has 8 nitrogen and oxygen atoms in total. The first-order chi connectivity index (χ1) is 15.1. The highest BCUT2D eigenvalue weighted by atomic mass is 35.5. The summed E-state index contributed by atoms with van der Waals surface area (Å²) in [6.07, 6.45) is 1.15. The second kappa shape index (κ2) is 9.80. The number of hydrazone groups is 1. The lowest BCUT2D eigenvalue weighted by atomic mass is 10.0. The summed E-state index contributed by atoms with van der Waals surface area (Å²) < 4.78 is 16.2. The number of ether oxygens (including phenoxy) is 3. The number of hydrogen-bond donors (Lipinski definition) is 2. The molecule has 1 saturated heterocycles. The first kappa shape index (κ1) is 21.1. The smallest absolute Gasteiger partial charge is 0.258 e. The van der Waals surface area contributed by atoms with Gasteiger partial charge in [-0.25, -0.2) is 5.43 Å². The number of nitrogens with zero attached hydrogens (tertiary/aromatic N) is 1. The van der Waals surface area contributed by atoms with Crippen molar-refractivity contribution in [2.45, 2.75) is 25.5 Å². The number of hydrogen-bond acceptors (Lipinski definition) is 6. The fraction of sp³-hybridized carbons (Fsp3) is 0.318. The topological polar surface area (TPSA) is 102 Å². The highest BCUT2D eigenvalue weighted by Crippen LogP contribution is 2.26. The van der Waals surface area contributed by atoms with E-state index in [2.05, 4.69) is 15.8 Å². The van der Waals surface area contributed by atoms with E-state index in [1.807, 2.05) is 24.3 Å². The van der Waals surface area contributed by atoms with Crippen molar-refractivity contribution >= 4 is 29.1 Å². The highest BCUT2D eigenvalue weighted by Gasteiger charge is 2.23. The Bertz CT molecular complexity index is 989. The maximum Gasteiger partial charge on any atom is 0.258 e. The van der Waals surface area contributed by atoms with E-state index in [0.29, 0.717) is 36.8 Å². The molecule has 1 atom stereocenters. The second-order valence-corrected chi connectivity index (χ2v) is 7.62. The Morgan fingerprint density at radius 3 is 2.68 bits per heavy atom. The summed E-state index contributed by atoms with van der Waals surface area (Å²) in [5.74, 6) is 0.815. The lowest BCUT2D eigenvalue weighted by molar-refractivity contribution is -0.123. The molecule has 0 spiro atoms. The summed E-state index contributed by atoms with van der Waals surface area (Å²) in [5, 5.41) is 7.23. The van der Waals surface area contributed by atoms with Crippen molar-refractivity contribution in [2.75, 3.05) is 19.8 Å². The highest BCUT2D eigenvalue weighted by molar-refractivity contribution is 6.32. The summed E-state index contributed by atoms with van der Waals surface area (Å²) >= 11 is 6.28. The van der Waals surface area contributed by atoms with E-state index in [1.165, 1.54) is 0 Å². The average Bonchev–Trinajstić information content (AvgIpc) is 3.61. The SMILES string of the molecule is O=C(COc1ccc(C2=NNC(=O)CC2)cc1Cl)NCc1ccc(OCC2CO2)cc1. The predicted octanol–water partition coefficient (Wildman–Crippen LogP) is 2.43. The summed E-state index contributed by atoms with van der Waals surface area (Å²) in [7, 11) is 0. The molecule has 2 aliphatic heterocycles. The lowest BCUT2D eigenvalue weighted by Gasteiger charge is -2.14. The van der Waals surface area contributed by atoms with E-state index in [1.54, 1.807) is 18.2 Å². The van der Waals surface area contributed by atoms with Gasteiger partial charge in [0.05, 0.1) is 17.3 Å². The van der Waals surface area contributed by atoms with Crippen molar-refractivity contribution in [1.82, 2.24) is 10.7 Å². The predicted molar refractivity (Wildman–Crippen MR) is 114 cm³/mol. The number of epoxide rings is 1. The van der Waals surface area contributed by atoms with Gasteiger partial charge in [0.1, 0.15) is 24.2 Å². The van der Waals surface area contributed by atoms with Crippen molar-refractivity contribution in [1.29, 1.82) is 0 Å². The molecule has 4 rings (SSSR count). The Labute approximate surface area is 184 Å². The third-order valence-electron chi connectivity index (χ3n) is 4.78. The molecule has 0 aliphatic carbocycles. The van der Waals surface area contributed by atoms with Crippen molar-refractivity contribution < 1.29 is 23.8 Å². The molecule has 9 heteroatoms. The molecule has 1 fully saturated rings. The van der Waals surface area contributed by atoms with Crippen molar-refractivity contribution in [3.8, 4) is 11.5 Å². The molecular formula is C22H22ClN3O5. The average molecular weight is 444 g/mol. The van der Waals surface area contributed by atoms with Gasteiger partial charge in [-0.15, -0.1) is 0 Å². The summed E-state index contributed by atoms with van der Waals surface area (Å²) in [4.78, 5) is 23.3. The summed E-state index contributed by atoms with van der Waals surface area (Å²) in [6, 6.07) is 12.7. The monoisotopic (exact) mass is 443 g/mol. The Balaban J connectivity index is 1.22. The van der Waals surface area contributed by atoms with E-state index < -0.39 is 0 Å². The van der Waals surface area contributed by atoms with Gasteiger partial charge in [0.15, 0.2) is 6.61 Å². The molecule has 31 heavy (non-hydrogen) atoms. The molecule has 1 unspecified atom stereocenters. The van der Waals surface area contributed by atoms with E-state index in [9.17, 15) is 9.59 Å². The quantitative estimate of drug-likeness (QED) is 0.579. The molecule has 0 radical (unpaired) electrons. The minimum absolute atomic E-state index is 0.103. The first-order valence-corrected chi connectivity index (χ1v) is 10.3. The third-order valence-corrected chi connectivity index (χ3v) is 5.07. The van der Waals surface area contributed by atoms with Gasteiger partial charge < -0.3 is 19.5 Å². The molecule has 2 N–H and O–H groups in total. The second-order valence-electron chi connectivity index (χ2n) is 7.21. The molecule has 0 bridgehead atoms. The summed E-state index contributed by atoms with van der Waals surface area (Å²) in [6.45, 7) is 1.54. The lowest BCUT2D eigenvalue weighted by Crippen LogP contribution is -2.28. The van der Waals surface area contributed by atoms with Crippen LogP contribution in [0.3, 0.4) is 0 Å². The zero-order valence-electron chi connectivity index (χ0n) is 16.7. The zero-order valence-corrected chi connectivity index (χ0v) is 17.5. The number of carbonyl (C=O) groups excluding carboxylic acids is 2. The van der Waals surface area contributed by atoms with E-state index >= 15 is 0 Å². The largest absolute Gasteiger partial charge is 0.491 e. The molecule has 162 valence electrons. The van der Waals surface area contributed by atoms with Crippen LogP contribution in [0.1, 0.15) is 24.0 Å². The van der Waals surface area contributed by atoms with Crippen molar-refractivity contribution in [3.05, 3.63) is 58.6 Å². The number of rotatable bonds is 9. The Morgan fingerprint density at radius 1 is 1.19 bits per heavy atom. The van der Waals surface area contributed by atoms with Crippen LogP contribution in [0.25, 0.3) is 0 Å². The molecule has 2 heterocycles. The van der Waals surface area contributed by atoms with Crippen molar-refractivity contribution in [2.24, 2.45) is 5.10 Å². The van der Waals surface area contributed by atoms with Gasteiger partial charge in [-0.1, -0.05) is 23.7 Å². The zero-order chi connectivity index (χ0) is 21.6. The van der Waals surface area contributed by atoms with Crippen LogP contribution in [0.4, 0.5) is 0 Å². The summed E-state index contributed by atoms with van der Waals surface area (Å²) in [5.41, 5.74) is 4.97. The standard InChI is InChI=1S/C22H22ClN3O5/c23-18-9-15(19-6-8-21(27)26-25-19)3-7-20(18)31-13-22(28)24-10-14-1-4-16(5-2-14)29-11-17-12-30-17/h1-5,7,9,17H,6,8,10-13H2,(H,24,28)(H,26,27). The van der Waals surface area contributed by atoms with Crippen LogP contribution in [0.5, 0.6) is 11.5 Å². The number of nitrogens with one attached hydrogen (secondary N) is 2. The number of amides is 2. The normalized spacial score (nSPS) is 17.4. The minimum atomic E-state index is -0.259. The van der Waals surface area contributed by atoms with Crippen LogP contribution in [0, 0.1) is 0 Å². The molecule has 0 aromatic heterocycles. The van der Waals surface area contributed by atoms with Crippen LogP contribution in [-0.4, -0.2) is 43.5 Å². The number of benzene rings is 2. The van der Waals surface area contributed by atoms with E-state index in [-0.39, 0.29) is 24.5 Å². The maximum absolute atomic E-state index is 12.1. The molecule has 2 aromatic carbocycles. The van der Waals surface area contributed by atoms with Gasteiger partial charge in [0, 0.05) is 19.4 Å². The van der Waals surface area contributed by atoms with Crippen LogP contribution in [0.2, 0.25) is 5.02 Å². The maximum atomic E-state index is 12.1. The Morgan fingerprint density at radius 2 is 2.00 bits per heavy atom. The Kier molecular flexibility index (Phi) is 6.69. The van der Waals surface area contributed by atoms with Crippen molar-refractivity contribution in [3.63, 3.8) is 0 Å². The van der Waals surface area contributed by atoms with Crippen LogP contribution in [0.15, 0.2) is 47.6 Å². The molecule has 2 amide bonds. The van der Waals surface area contributed by atoms with Gasteiger partial charge in [0.25, 0.3) is 5.91 Å². The first-order valence-electron chi connectivity index (χ1n) is 9.95. The fourth-order valence-electron chi connectivity index (χ4n) is 2.93.